The monoisotopic (exact) mass is 303 g/mol. The highest BCUT2D eigenvalue weighted by Gasteiger charge is 2.59. The van der Waals surface area contributed by atoms with Gasteiger partial charge in [-0.05, 0) is 0 Å². The summed E-state index contributed by atoms with van der Waals surface area (Å²) in [7, 11) is 0. The summed E-state index contributed by atoms with van der Waals surface area (Å²) in [5.41, 5.74) is 4.30. The summed E-state index contributed by atoms with van der Waals surface area (Å²) in [6.45, 7) is -0.782. The van der Waals surface area contributed by atoms with Crippen LogP contribution in [0.3, 0.4) is 0 Å². The van der Waals surface area contributed by atoms with Crippen LogP contribution < -0.4 is 11.3 Å². The number of fused-ring (bicyclic) bond motifs is 1. The maximum absolute atomic E-state index is 14.1. The van der Waals surface area contributed by atoms with Gasteiger partial charge in [-0.25, -0.2) is 4.98 Å². The lowest BCUT2D eigenvalue weighted by Crippen LogP contribution is -2.39. The van der Waals surface area contributed by atoms with Gasteiger partial charge in [0.1, 0.15) is 6.10 Å². The van der Waals surface area contributed by atoms with E-state index < -0.39 is 36.5 Å². The number of halogens is 2. The molecule has 9 nitrogen and oxygen atoms in total. The number of nitrogens with zero attached hydrogens (tertiary/aromatic N) is 3. The number of aliphatic hydroxyl groups is 2. The van der Waals surface area contributed by atoms with Crippen LogP contribution in [0.15, 0.2) is 11.1 Å². The number of alkyl halides is 2. The molecule has 1 aliphatic heterocycles. The number of hydrogen-bond acceptors (Lipinski definition) is 7. The number of ether oxygens (including phenoxy) is 1. The second-order valence-electron chi connectivity index (χ2n) is 4.60. The number of imidazole rings is 1. The summed E-state index contributed by atoms with van der Waals surface area (Å²) < 4.78 is 33.9. The van der Waals surface area contributed by atoms with Gasteiger partial charge in [-0.3, -0.25) is 14.3 Å². The van der Waals surface area contributed by atoms with Crippen LogP contribution in [0.1, 0.15) is 6.23 Å². The molecule has 1 saturated heterocycles. The molecule has 1 fully saturated rings. The van der Waals surface area contributed by atoms with Gasteiger partial charge in [0.05, 0.1) is 12.9 Å². The number of H-pyrrole nitrogens is 1. The Kier molecular flexibility index (Phi) is 2.93. The van der Waals surface area contributed by atoms with Crippen LogP contribution in [0, 0.1) is 0 Å². The van der Waals surface area contributed by atoms with Crippen molar-refractivity contribution in [3.8, 4) is 0 Å². The standard InChI is InChI=1S/C10H11F2N5O4/c11-10(12)5(19)3(1-18)21-8(10)17-2-14-4-6(17)15-9(13)16-7(4)20/h2-3,5,8,18-19H,1H2,(H3,13,15,16,20). The van der Waals surface area contributed by atoms with E-state index in [4.69, 9.17) is 15.6 Å². The Hall–Kier alpha value is -2.11. The number of rotatable bonds is 2. The maximum atomic E-state index is 14.1. The van der Waals surface area contributed by atoms with Gasteiger partial charge in [0.15, 0.2) is 17.3 Å². The van der Waals surface area contributed by atoms with Crippen molar-refractivity contribution in [3.63, 3.8) is 0 Å². The third-order valence-corrected chi connectivity index (χ3v) is 3.26. The Morgan fingerprint density at radius 3 is 2.90 bits per heavy atom. The number of anilines is 1. The molecule has 2 aromatic rings. The fourth-order valence-electron chi connectivity index (χ4n) is 2.23. The molecule has 3 heterocycles. The third kappa shape index (κ3) is 1.89. The highest BCUT2D eigenvalue weighted by Crippen LogP contribution is 2.43. The largest absolute Gasteiger partial charge is 0.394 e. The van der Waals surface area contributed by atoms with Gasteiger partial charge in [0.25, 0.3) is 5.56 Å². The van der Waals surface area contributed by atoms with Crippen LogP contribution in [0.2, 0.25) is 0 Å². The molecule has 0 amide bonds. The first-order chi connectivity index (χ1) is 9.86. The Morgan fingerprint density at radius 1 is 1.57 bits per heavy atom. The van der Waals surface area contributed by atoms with E-state index in [-0.39, 0.29) is 17.1 Å². The SMILES string of the molecule is Nc1nc2c(ncn2C2OC(CO)C(O)C2(F)F)c(=O)[nH]1. The normalized spacial score (nSPS) is 28.3. The average Bonchev–Trinajstić information content (AvgIpc) is 2.91. The minimum absolute atomic E-state index is 0.189. The van der Waals surface area contributed by atoms with E-state index in [0.717, 1.165) is 10.9 Å². The van der Waals surface area contributed by atoms with Crippen molar-refractivity contribution in [3.05, 3.63) is 16.7 Å². The predicted octanol–water partition coefficient (Wildman–Crippen LogP) is -1.41. The Bertz CT molecular complexity index is 745. The molecule has 0 bridgehead atoms. The fraction of sp³-hybridized carbons (Fsp3) is 0.500. The highest BCUT2D eigenvalue weighted by atomic mass is 19.3. The highest BCUT2D eigenvalue weighted by molar-refractivity contribution is 5.70. The number of aromatic amines is 1. The summed E-state index contributed by atoms with van der Waals surface area (Å²) in [5, 5.41) is 18.4. The van der Waals surface area contributed by atoms with Gasteiger partial charge in [0, 0.05) is 0 Å². The third-order valence-electron chi connectivity index (χ3n) is 3.26. The molecule has 3 unspecified atom stereocenters. The van der Waals surface area contributed by atoms with E-state index in [2.05, 4.69) is 15.0 Å². The predicted molar refractivity (Wildman–Crippen MR) is 64.5 cm³/mol. The first kappa shape index (κ1) is 13.9. The van der Waals surface area contributed by atoms with Gasteiger partial charge < -0.3 is 20.7 Å². The van der Waals surface area contributed by atoms with E-state index in [0.29, 0.717) is 0 Å². The number of hydrogen-bond donors (Lipinski definition) is 4. The molecule has 2 aromatic heterocycles. The molecule has 0 aromatic carbocycles. The molecule has 11 heteroatoms. The number of nitrogens with two attached hydrogens (primary N) is 1. The Morgan fingerprint density at radius 2 is 2.29 bits per heavy atom. The number of aromatic nitrogens is 4. The van der Waals surface area contributed by atoms with Gasteiger partial charge in [0.2, 0.25) is 12.2 Å². The van der Waals surface area contributed by atoms with Crippen molar-refractivity contribution in [2.45, 2.75) is 24.4 Å². The first-order valence-corrected chi connectivity index (χ1v) is 5.90. The van der Waals surface area contributed by atoms with E-state index in [1.165, 1.54) is 0 Å². The van der Waals surface area contributed by atoms with Crippen molar-refractivity contribution in [2.75, 3.05) is 12.3 Å². The smallest absolute Gasteiger partial charge is 0.320 e. The number of nitrogen functional groups attached to an aromatic ring is 1. The van der Waals surface area contributed by atoms with Crippen molar-refractivity contribution in [1.29, 1.82) is 0 Å². The average molecular weight is 303 g/mol. The Labute approximate surface area is 115 Å². The van der Waals surface area contributed by atoms with Gasteiger partial charge >= 0.3 is 5.92 Å². The minimum Gasteiger partial charge on any atom is -0.394 e. The summed E-state index contributed by atoms with van der Waals surface area (Å²) in [5.74, 6) is -3.96. The van der Waals surface area contributed by atoms with Crippen molar-refractivity contribution in [1.82, 2.24) is 19.5 Å². The summed E-state index contributed by atoms with van der Waals surface area (Å²) in [6.07, 6.45) is -4.66. The summed E-state index contributed by atoms with van der Waals surface area (Å²) in [6, 6.07) is 0. The van der Waals surface area contributed by atoms with Crippen LogP contribution in [0.25, 0.3) is 11.2 Å². The van der Waals surface area contributed by atoms with Gasteiger partial charge in [-0.1, -0.05) is 0 Å². The molecule has 3 atom stereocenters. The first-order valence-electron chi connectivity index (χ1n) is 5.90. The zero-order valence-corrected chi connectivity index (χ0v) is 10.4. The van der Waals surface area contributed by atoms with Crippen LogP contribution >= 0.6 is 0 Å². The number of aliphatic hydroxyl groups excluding tert-OH is 2. The summed E-state index contributed by atoms with van der Waals surface area (Å²) >= 11 is 0. The van der Waals surface area contributed by atoms with Gasteiger partial charge in [-0.2, -0.15) is 13.8 Å². The van der Waals surface area contributed by atoms with Gasteiger partial charge in [-0.15, -0.1) is 0 Å². The van der Waals surface area contributed by atoms with E-state index >= 15 is 0 Å². The quantitative estimate of drug-likeness (QED) is 0.534. The van der Waals surface area contributed by atoms with Crippen LogP contribution in [0.5, 0.6) is 0 Å². The lowest BCUT2D eigenvalue weighted by atomic mass is 10.1. The molecule has 114 valence electrons. The van der Waals surface area contributed by atoms with Crippen molar-refractivity contribution in [2.24, 2.45) is 0 Å². The lowest BCUT2D eigenvalue weighted by molar-refractivity contribution is -0.138. The van der Waals surface area contributed by atoms with Crippen molar-refractivity contribution < 1.29 is 23.7 Å². The van der Waals surface area contributed by atoms with E-state index in [1.54, 1.807) is 0 Å². The second-order valence-corrected chi connectivity index (χ2v) is 4.60. The zero-order chi connectivity index (χ0) is 15.4. The topological polar surface area (TPSA) is 139 Å². The fourth-order valence-corrected chi connectivity index (χ4v) is 2.23. The van der Waals surface area contributed by atoms with Crippen molar-refractivity contribution >= 4 is 17.1 Å². The molecular formula is C10H11F2N5O4. The minimum atomic E-state index is -3.69. The molecular weight excluding hydrogens is 292 g/mol. The second kappa shape index (κ2) is 4.44. The zero-order valence-electron chi connectivity index (χ0n) is 10.4. The number of nitrogens with one attached hydrogen (secondary N) is 1. The van der Waals surface area contributed by atoms with Crippen LogP contribution in [0.4, 0.5) is 14.7 Å². The van der Waals surface area contributed by atoms with E-state index in [1.807, 2.05) is 0 Å². The Balaban J connectivity index is 2.15. The maximum Gasteiger partial charge on any atom is 0.320 e. The molecule has 0 radical (unpaired) electrons. The molecule has 5 N–H and O–H groups in total. The molecule has 3 rings (SSSR count). The molecule has 0 saturated carbocycles. The summed E-state index contributed by atoms with van der Waals surface area (Å²) in [4.78, 5) is 21.2. The molecule has 0 aliphatic carbocycles. The van der Waals surface area contributed by atoms with Crippen LogP contribution in [-0.2, 0) is 4.74 Å². The molecule has 21 heavy (non-hydrogen) atoms. The van der Waals surface area contributed by atoms with E-state index in [9.17, 15) is 18.7 Å². The molecule has 1 aliphatic rings. The molecule has 0 spiro atoms. The van der Waals surface area contributed by atoms with Crippen LogP contribution in [-0.4, -0.2) is 54.5 Å². The lowest BCUT2D eigenvalue weighted by Gasteiger charge is -2.20.